The van der Waals surface area contributed by atoms with Gasteiger partial charge in [0.15, 0.2) is 0 Å². The van der Waals surface area contributed by atoms with E-state index in [-0.39, 0.29) is 11.2 Å². The summed E-state index contributed by atoms with van der Waals surface area (Å²) in [6.45, 7) is 4.81. The molecule has 0 spiro atoms. The fourth-order valence-corrected chi connectivity index (χ4v) is 2.09. The number of halogens is 2. The van der Waals surface area contributed by atoms with Crippen LogP contribution in [0, 0.1) is 11.2 Å². The Bertz CT molecular complexity index is 374. The smallest absolute Gasteiger partial charge is 0.131 e. The fraction of sp³-hybridized carbons (Fsp3) is 0.455. The summed E-state index contributed by atoms with van der Waals surface area (Å²) in [5.41, 5.74) is 0.728. The predicted octanol–water partition coefficient (Wildman–Crippen LogP) is 3.55. The van der Waals surface area contributed by atoms with Gasteiger partial charge < -0.3 is 4.74 Å². The van der Waals surface area contributed by atoms with Gasteiger partial charge in [-0.3, -0.25) is 0 Å². The SMILES string of the molecule is CC1(C)COc2cc(Br)cc(F)c2C1. The molecular weight excluding hydrogens is 247 g/mol. The Labute approximate surface area is 91.4 Å². The summed E-state index contributed by atoms with van der Waals surface area (Å²) in [4.78, 5) is 0. The summed E-state index contributed by atoms with van der Waals surface area (Å²) >= 11 is 3.25. The van der Waals surface area contributed by atoms with Gasteiger partial charge in [0.1, 0.15) is 11.6 Å². The van der Waals surface area contributed by atoms with Crippen LogP contribution in [-0.4, -0.2) is 6.61 Å². The third-order valence-electron chi connectivity index (χ3n) is 2.39. The van der Waals surface area contributed by atoms with Crippen LogP contribution >= 0.6 is 15.9 Å². The molecule has 0 saturated heterocycles. The van der Waals surface area contributed by atoms with E-state index in [4.69, 9.17) is 4.74 Å². The van der Waals surface area contributed by atoms with Gasteiger partial charge in [-0.05, 0) is 18.6 Å². The second kappa shape index (κ2) is 3.23. The van der Waals surface area contributed by atoms with Crippen LogP contribution in [0.15, 0.2) is 16.6 Å². The normalized spacial score (nSPS) is 18.6. The molecule has 0 bridgehead atoms. The maximum Gasteiger partial charge on any atom is 0.131 e. The molecule has 1 aliphatic heterocycles. The van der Waals surface area contributed by atoms with Crippen molar-refractivity contribution in [1.29, 1.82) is 0 Å². The van der Waals surface area contributed by atoms with Crippen LogP contribution in [0.25, 0.3) is 0 Å². The van der Waals surface area contributed by atoms with Crippen molar-refractivity contribution in [3.8, 4) is 5.75 Å². The standard InChI is InChI=1S/C11H12BrFO/c1-11(2)5-8-9(13)3-7(12)4-10(8)14-6-11/h3-4H,5-6H2,1-2H3. The van der Waals surface area contributed by atoms with Crippen molar-refractivity contribution in [3.05, 3.63) is 28.0 Å². The molecule has 1 aliphatic rings. The van der Waals surface area contributed by atoms with Gasteiger partial charge in [-0.25, -0.2) is 4.39 Å². The molecule has 0 unspecified atom stereocenters. The Balaban J connectivity index is 2.47. The van der Waals surface area contributed by atoms with Gasteiger partial charge in [-0.1, -0.05) is 29.8 Å². The molecule has 3 heteroatoms. The van der Waals surface area contributed by atoms with E-state index in [2.05, 4.69) is 29.8 Å². The molecule has 0 radical (unpaired) electrons. The van der Waals surface area contributed by atoms with Crippen molar-refractivity contribution < 1.29 is 9.13 Å². The highest BCUT2D eigenvalue weighted by Crippen LogP contribution is 2.37. The van der Waals surface area contributed by atoms with Gasteiger partial charge in [-0.2, -0.15) is 0 Å². The summed E-state index contributed by atoms with van der Waals surface area (Å²) in [7, 11) is 0. The number of hydrogen-bond donors (Lipinski definition) is 0. The number of rotatable bonds is 0. The van der Waals surface area contributed by atoms with Crippen molar-refractivity contribution in [2.45, 2.75) is 20.3 Å². The second-order valence-electron chi connectivity index (χ2n) is 4.49. The van der Waals surface area contributed by atoms with Gasteiger partial charge in [0, 0.05) is 15.5 Å². The van der Waals surface area contributed by atoms with Crippen molar-refractivity contribution in [2.75, 3.05) is 6.61 Å². The Morgan fingerprint density at radius 1 is 1.43 bits per heavy atom. The highest BCUT2D eigenvalue weighted by atomic mass is 79.9. The second-order valence-corrected chi connectivity index (χ2v) is 5.41. The van der Waals surface area contributed by atoms with Crippen LogP contribution in [-0.2, 0) is 6.42 Å². The molecule has 0 saturated carbocycles. The fourth-order valence-electron chi connectivity index (χ4n) is 1.68. The predicted molar refractivity (Wildman–Crippen MR) is 57.1 cm³/mol. The minimum Gasteiger partial charge on any atom is -0.493 e. The Kier molecular flexibility index (Phi) is 2.30. The lowest BCUT2D eigenvalue weighted by atomic mass is 9.84. The van der Waals surface area contributed by atoms with E-state index < -0.39 is 0 Å². The summed E-state index contributed by atoms with van der Waals surface area (Å²) in [6.07, 6.45) is 0.738. The van der Waals surface area contributed by atoms with E-state index in [9.17, 15) is 4.39 Å². The average molecular weight is 259 g/mol. The van der Waals surface area contributed by atoms with Crippen molar-refractivity contribution in [3.63, 3.8) is 0 Å². The zero-order valence-electron chi connectivity index (χ0n) is 8.23. The molecule has 1 heterocycles. The van der Waals surface area contributed by atoms with Gasteiger partial charge in [0.2, 0.25) is 0 Å². The third kappa shape index (κ3) is 1.78. The zero-order chi connectivity index (χ0) is 10.3. The Morgan fingerprint density at radius 3 is 2.86 bits per heavy atom. The quantitative estimate of drug-likeness (QED) is 0.692. The number of benzene rings is 1. The molecule has 0 N–H and O–H groups in total. The van der Waals surface area contributed by atoms with Crippen LogP contribution in [0.5, 0.6) is 5.75 Å². The Morgan fingerprint density at radius 2 is 2.14 bits per heavy atom. The minimum atomic E-state index is -0.179. The number of hydrogen-bond acceptors (Lipinski definition) is 1. The van der Waals surface area contributed by atoms with Crippen LogP contribution in [0.2, 0.25) is 0 Å². The molecule has 0 fully saturated rings. The molecule has 2 rings (SSSR count). The van der Waals surface area contributed by atoms with E-state index in [0.29, 0.717) is 17.9 Å². The highest BCUT2D eigenvalue weighted by Gasteiger charge is 2.28. The average Bonchev–Trinajstić information content (AvgIpc) is 2.06. The summed E-state index contributed by atoms with van der Waals surface area (Å²) < 4.78 is 19.8. The van der Waals surface area contributed by atoms with Crippen LogP contribution < -0.4 is 4.74 Å². The van der Waals surface area contributed by atoms with Crippen LogP contribution in [0.1, 0.15) is 19.4 Å². The molecule has 0 amide bonds. The Hall–Kier alpha value is -0.570. The number of ether oxygens (including phenoxy) is 1. The van der Waals surface area contributed by atoms with Gasteiger partial charge >= 0.3 is 0 Å². The van der Waals surface area contributed by atoms with E-state index in [1.165, 1.54) is 6.07 Å². The molecule has 14 heavy (non-hydrogen) atoms. The van der Waals surface area contributed by atoms with Gasteiger partial charge in [0.25, 0.3) is 0 Å². The topological polar surface area (TPSA) is 9.23 Å². The summed E-state index contributed by atoms with van der Waals surface area (Å²) in [5, 5.41) is 0. The van der Waals surface area contributed by atoms with Crippen molar-refractivity contribution >= 4 is 15.9 Å². The van der Waals surface area contributed by atoms with Crippen molar-refractivity contribution in [2.24, 2.45) is 5.41 Å². The molecule has 76 valence electrons. The minimum absolute atomic E-state index is 0.0294. The molecule has 1 nitrogen and oxygen atoms in total. The highest BCUT2D eigenvalue weighted by molar-refractivity contribution is 9.10. The first-order valence-electron chi connectivity index (χ1n) is 4.59. The first-order chi connectivity index (χ1) is 6.48. The molecule has 0 atom stereocenters. The maximum absolute atomic E-state index is 13.6. The molecule has 0 aliphatic carbocycles. The maximum atomic E-state index is 13.6. The van der Waals surface area contributed by atoms with Crippen LogP contribution in [0.4, 0.5) is 4.39 Å². The third-order valence-corrected chi connectivity index (χ3v) is 2.85. The lowest BCUT2D eigenvalue weighted by Gasteiger charge is -2.31. The first-order valence-corrected chi connectivity index (χ1v) is 5.38. The molecule has 1 aromatic rings. The first kappa shape index (κ1) is 9.97. The monoisotopic (exact) mass is 258 g/mol. The largest absolute Gasteiger partial charge is 0.493 e. The zero-order valence-corrected chi connectivity index (χ0v) is 9.82. The molecular formula is C11H12BrFO. The van der Waals surface area contributed by atoms with Crippen LogP contribution in [0.3, 0.4) is 0 Å². The molecule has 0 aromatic heterocycles. The van der Waals surface area contributed by atoms with E-state index in [1.807, 2.05) is 6.07 Å². The van der Waals surface area contributed by atoms with Crippen molar-refractivity contribution in [1.82, 2.24) is 0 Å². The lowest BCUT2D eigenvalue weighted by Crippen LogP contribution is -2.29. The lowest BCUT2D eigenvalue weighted by molar-refractivity contribution is 0.152. The van der Waals surface area contributed by atoms with Gasteiger partial charge in [-0.15, -0.1) is 0 Å². The summed E-state index contributed by atoms with van der Waals surface area (Å²) in [5.74, 6) is 0.498. The number of fused-ring (bicyclic) bond motifs is 1. The van der Waals surface area contributed by atoms with Gasteiger partial charge in [0.05, 0.1) is 6.61 Å². The summed E-state index contributed by atoms with van der Waals surface area (Å²) in [6, 6.07) is 3.32. The van der Waals surface area contributed by atoms with E-state index in [1.54, 1.807) is 0 Å². The van der Waals surface area contributed by atoms with E-state index in [0.717, 1.165) is 10.9 Å². The van der Waals surface area contributed by atoms with E-state index >= 15 is 0 Å². The molecule has 1 aromatic carbocycles.